The smallest absolute Gasteiger partial charge is 0.226 e. The molecule has 7 nitrogen and oxygen atoms in total. The Balaban J connectivity index is 1.40. The first-order valence-corrected chi connectivity index (χ1v) is 8.71. The topological polar surface area (TPSA) is 74.5 Å². The highest BCUT2D eigenvalue weighted by molar-refractivity contribution is 5.89. The zero-order chi connectivity index (χ0) is 17.6. The zero-order valence-corrected chi connectivity index (χ0v) is 14.8. The number of nitrogens with zero attached hydrogens (tertiary/aromatic N) is 4. The summed E-state index contributed by atoms with van der Waals surface area (Å²) in [5.41, 5.74) is 1.25. The molecule has 1 unspecified atom stereocenters. The first-order valence-electron chi connectivity index (χ1n) is 8.71. The largest absolute Gasteiger partial charge is 0.360 e. The molecule has 1 aliphatic rings. The molecule has 0 bridgehead atoms. The first-order chi connectivity index (χ1) is 12.1. The van der Waals surface area contributed by atoms with Crippen LogP contribution in [0.25, 0.3) is 0 Å². The molecule has 2 aromatic heterocycles. The van der Waals surface area contributed by atoms with Gasteiger partial charge in [0.15, 0.2) is 5.82 Å². The standard InChI is InChI=1S/C18H25N5O2/c1-14-12-17(21-25-14)20-18(24)5-7-22-8-10-23(11-9-22)15(2)16-4-3-6-19-13-16/h3-4,6,12-13,15H,5,7-11H2,1-2H3,(H,20,21,24). The van der Waals surface area contributed by atoms with Crippen molar-refractivity contribution in [3.63, 3.8) is 0 Å². The fraction of sp³-hybridized carbons (Fsp3) is 0.500. The monoisotopic (exact) mass is 343 g/mol. The number of piperazine rings is 1. The van der Waals surface area contributed by atoms with Gasteiger partial charge >= 0.3 is 0 Å². The Bertz CT molecular complexity index is 680. The first kappa shape index (κ1) is 17.6. The van der Waals surface area contributed by atoms with Crippen LogP contribution in [-0.4, -0.2) is 58.6 Å². The minimum atomic E-state index is -0.0283. The van der Waals surface area contributed by atoms with Crippen molar-refractivity contribution < 1.29 is 9.32 Å². The van der Waals surface area contributed by atoms with E-state index in [-0.39, 0.29) is 5.91 Å². The van der Waals surface area contributed by atoms with Crippen LogP contribution in [0.3, 0.4) is 0 Å². The lowest BCUT2D eigenvalue weighted by atomic mass is 10.1. The number of carbonyl (C=O) groups is 1. The van der Waals surface area contributed by atoms with Crippen molar-refractivity contribution in [2.45, 2.75) is 26.3 Å². The highest BCUT2D eigenvalue weighted by Crippen LogP contribution is 2.20. The molecule has 3 rings (SSSR count). The van der Waals surface area contributed by atoms with Crippen LogP contribution in [0.15, 0.2) is 35.1 Å². The van der Waals surface area contributed by atoms with Gasteiger partial charge in [0.05, 0.1) is 0 Å². The molecule has 0 aliphatic carbocycles. The Morgan fingerprint density at radius 2 is 2.16 bits per heavy atom. The van der Waals surface area contributed by atoms with Gasteiger partial charge in [-0.05, 0) is 25.5 Å². The summed E-state index contributed by atoms with van der Waals surface area (Å²) in [6.07, 6.45) is 4.20. The Kier molecular flexibility index (Phi) is 5.78. The molecule has 3 heterocycles. The third kappa shape index (κ3) is 4.87. The maximum absolute atomic E-state index is 12.0. The number of nitrogens with one attached hydrogen (secondary N) is 1. The molecular formula is C18H25N5O2. The van der Waals surface area contributed by atoms with Gasteiger partial charge in [0.2, 0.25) is 5.91 Å². The van der Waals surface area contributed by atoms with Crippen molar-refractivity contribution in [2.75, 3.05) is 38.0 Å². The van der Waals surface area contributed by atoms with Gasteiger partial charge in [0.1, 0.15) is 5.76 Å². The Morgan fingerprint density at radius 3 is 2.80 bits per heavy atom. The van der Waals surface area contributed by atoms with Crippen molar-refractivity contribution in [1.82, 2.24) is 19.9 Å². The number of amides is 1. The van der Waals surface area contributed by atoms with Crippen LogP contribution >= 0.6 is 0 Å². The molecule has 1 aliphatic heterocycles. The molecule has 0 saturated carbocycles. The molecular weight excluding hydrogens is 318 g/mol. The average Bonchev–Trinajstić information content (AvgIpc) is 3.05. The van der Waals surface area contributed by atoms with Gasteiger partial charge in [0.25, 0.3) is 0 Å². The van der Waals surface area contributed by atoms with Crippen molar-refractivity contribution >= 4 is 11.7 Å². The normalized spacial score (nSPS) is 17.4. The van der Waals surface area contributed by atoms with E-state index in [2.05, 4.69) is 38.2 Å². The second kappa shape index (κ2) is 8.22. The van der Waals surface area contributed by atoms with E-state index in [0.717, 1.165) is 32.7 Å². The number of anilines is 1. The molecule has 1 amide bonds. The van der Waals surface area contributed by atoms with Gasteiger partial charge in [-0.25, -0.2) is 0 Å². The molecule has 0 radical (unpaired) electrons. The highest BCUT2D eigenvalue weighted by Gasteiger charge is 2.22. The van der Waals surface area contributed by atoms with Crippen LogP contribution in [0.4, 0.5) is 5.82 Å². The molecule has 1 atom stereocenters. The lowest BCUT2D eigenvalue weighted by Crippen LogP contribution is -2.47. The molecule has 0 aromatic carbocycles. The average molecular weight is 343 g/mol. The van der Waals surface area contributed by atoms with Crippen LogP contribution in [0.1, 0.15) is 30.7 Å². The van der Waals surface area contributed by atoms with Crippen LogP contribution < -0.4 is 5.32 Å². The van der Waals surface area contributed by atoms with Gasteiger partial charge in [-0.1, -0.05) is 11.2 Å². The molecule has 1 N–H and O–H groups in total. The number of carbonyl (C=O) groups excluding carboxylic acids is 1. The van der Waals surface area contributed by atoms with E-state index in [1.165, 1.54) is 5.56 Å². The van der Waals surface area contributed by atoms with Crippen LogP contribution in [0.5, 0.6) is 0 Å². The third-order valence-electron chi connectivity index (χ3n) is 4.67. The predicted octanol–water partition coefficient (Wildman–Crippen LogP) is 2.09. The van der Waals surface area contributed by atoms with Gasteiger partial charge in [0, 0.05) is 63.6 Å². The summed E-state index contributed by atoms with van der Waals surface area (Å²) in [4.78, 5) is 21.0. The van der Waals surface area contributed by atoms with Gasteiger partial charge < -0.3 is 14.7 Å². The summed E-state index contributed by atoms with van der Waals surface area (Å²) in [7, 11) is 0. The Hall–Kier alpha value is -2.25. The number of hydrogen-bond donors (Lipinski definition) is 1. The predicted molar refractivity (Wildman–Crippen MR) is 95.2 cm³/mol. The molecule has 1 saturated heterocycles. The van der Waals surface area contributed by atoms with Crippen LogP contribution in [0.2, 0.25) is 0 Å². The molecule has 1 fully saturated rings. The number of aromatic nitrogens is 2. The van der Waals surface area contributed by atoms with Crippen molar-refractivity contribution in [3.05, 3.63) is 41.9 Å². The maximum Gasteiger partial charge on any atom is 0.226 e. The molecule has 25 heavy (non-hydrogen) atoms. The Morgan fingerprint density at radius 1 is 1.36 bits per heavy atom. The fourth-order valence-electron chi connectivity index (χ4n) is 3.10. The number of hydrogen-bond acceptors (Lipinski definition) is 6. The van der Waals surface area contributed by atoms with Crippen molar-refractivity contribution in [2.24, 2.45) is 0 Å². The van der Waals surface area contributed by atoms with E-state index in [1.807, 2.05) is 12.3 Å². The fourth-order valence-corrected chi connectivity index (χ4v) is 3.10. The minimum Gasteiger partial charge on any atom is -0.360 e. The lowest BCUT2D eigenvalue weighted by molar-refractivity contribution is -0.116. The minimum absolute atomic E-state index is 0.0283. The molecule has 0 spiro atoms. The number of aryl methyl sites for hydroxylation is 1. The molecule has 7 heteroatoms. The van der Waals surface area contributed by atoms with Crippen molar-refractivity contribution in [1.29, 1.82) is 0 Å². The van der Waals surface area contributed by atoms with E-state index in [0.29, 0.717) is 24.0 Å². The maximum atomic E-state index is 12.0. The second-order valence-corrected chi connectivity index (χ2v) is 6.46. The SMILES string of the molecule is Cc1cc(NC(=O)CCN2CCN(C(C)c3cccnc3)CC2)no1. The quantitative estimate of drug-likeness (QED) is 0.866. The highest BCUT2D eigenvalue weighted by atomic mass is 16.5. The summed E-state index contributed by atoms with van der Waals surface area (Å²) in [6, 6.07) is 6.20. The number of pyridine rings is 1. The van der Waals surface area contributed by atoms with Gasteiger partial charge in [-0.2, -0.15) is 0 Å². The van der Waals surface area contributed by atoms with E-state index in [4.69, 9.17) is 4.52 Å². The van der Waals surface area contributed by atoms with Gasteiger partial charge in [-0.15, -0.1) is 0 Å². The second-order valence-electron chi connectivity index (χ2n) is 6.46. The van der Waals surface area contributed by atoms with E-state index < -0.39 is 0 Å². The van der Waals surface area contributed by atoms with Crippen LogP contribution in [0, 0.1) is 6.92 Å². The number of rotatable bonds is 6. The van der Waals surface area contributed by atoms with E-state index in [1.54, 1.807) is 19.2 Å². The summed E-state index contributed by atoms with van der Waals surface area (Å²) in [5.74, 6) is 1.14. The van der Waals surface area contributed by atoms with E-state index >= 15 is 0 Å². The molecule has 2 aromatic rings. The Labute approximate surface area is 148 Å². The van der Waals surface area contributed by atoms with Crippen LogP contribution in [-0.2, 0) is 4.79 Å². The summed E-state index contributed by atoms with van der Waals surface area (Å²) in [5, 5.41) is 6.54. The summed E-state index contributed by atoms with van der Waals surface area (Å²) < 4.78 is 4.95. The van der Waals surface area contributed by atoms with E-state index in [9.17, 15) is 4.79 Å². The summed E-state index contributed by atoms with van der Waals surface area (Å²) >= 11 is 0. The van der Waals surface area contributed by atoms with Crippen molar-refractivity contribution in [3.8, 4) is 0 Å². The summed E-state index contributed by atoms with van der Waals surface area (Å²) in [6.45, 7) is 8.73. The third-order valence-corrected chi connectivity index (χ3v) is 4.67. The van der Waals surface area contributed by atoms with Gasteiger partial charge in [-0.3, -0.25) is 14.7 Å². The molecule has 134 valence electrons. The zero-order valence-electron chi connectivity index (χ0n) is 14.8. The lowest BCUT2D eigenvalue weighted by Gasteiger charge is -2.38.